The highest BCUT2D eigenvalue weighted by Gasteiger charge is 2.46. The first-order valence-electron chi connectivity index (χ1n) is 15.4. The zero-order chi connectivity index (χ0) is 35.9. The molecule has 0 radical (unpaired) electrons. The van der Waals surface area contributed by atoms with Gasteiger partial charge in [-0.05, 0) is 94.0 Å². The highest BCUT2D eigenvalue weighted by molar-refractivity contribution is 5.87. The van der Waals surface area contributed by atoms with Crippen LogP contribution in [-0.4, -0.2) is 20.1 Å². The monoisotopic (exact) mass is 672 g/mol. The van der Waals surface area contributed by atoms with Gasteiger partial charge < -0.3 is 19.7 Å². The van der Waals surface area contributed by atoms with Gasteiger partial charge in [-0.2, -0.15) is 0 Å². The van der Waals surface area contributed by atoms with Crippen molar-refractivity contribution in [1.82, 2.24) is 0 Å². The Morgan fingerprint density at radius 2 is 0.902 bits per heavy atom. The van der Waals surface area contributed by atoms with E-state index in [1.807, 2.05) is 60.7 Å². The van der Waals surface area contributed by atoms with Crippen LogP contribution in [0.15, 0.2) is 121 Å². The lowest BCUT2D eigenvalue weighted by molar-refractivity contribution is -0.386. The van der Waals surface area contributed by atoms with Crippen molar-refractivity contribution in [2.75, 3.05) is 0 Å². The molecule has 0 spiro atoms. The Bertz CT molecular complexity index is 2300. The molecule has 246 valence electrons. The second kappa shape index (κ2) is 12.5. The summed E-state index contributed by atoms with van der Waals surface area (Å²) in [6.07, 6.45) is 11.8. The molecule has 0 heterocycles. The predicted molar refractivity (Wildman–Crippen MR) is 189 cm³/mol. The first-order chi connectivity index (χ1) is 24.6. The molecule has 10 nitrogen and oxygen atoms in total. The lowest BCUT2D eigenvalue weighted by Gasteiger charge is -2.34. The van der Waals surface area contributed by atoms with Crippen LogP contribution in [0.4, 0.5) is 11.4 Å². The highest BCUT2D eigenvalue weighted by atomic mass is 16.6. The standard InChI is InChI=1S/C41H24N2O8/c1-3-25-5-17-33-34-18-6-26(4-2)22-36(34)41(35(33)21-25,27-7-11-29(12-8-27)50-31-15-19-37(42(46)47)39(44)23-31)28-9-13-30(14-10-28)51-32-16-20-38(43(48)49)40(45)24-32/h1-2,5-24,44-45H. The van der Waals surface area contributed by atoms with Gasteiger partial charge in [0.1, 0.15) is 23.0 Å². The van der Waals surface area contributed by atoms with Gasteiger partial charge in [-0.3, -0.25) is 20.2 Å². The van der Waals surface area contributed by atoms with Crippen molar-refractivity contribution in [3.63, 3.8) is 0 Å². The van der Waals surface area contributed by atoms with Gasteiger partial charge in [0.05, 0.1) is 15.3 Å². The zero-order valence-corrected chi connectivity index (χ0v) is 26.4. The van der Waals surface area contributed by atoms with Crippen molar-refractivity contribution in [3.05, 3.63) is 175 Å². The molecule has 51 heavy (non-hydrogen) atoms. The molecule has 0 bridgehead atoms. The van der Waals surface area contributed by atoms with Crippen molar-refractivity contribution in [2.45, 2.75) is 5.41 Å². The van der Waals surface area contributed by atoms with Crippen molar-refractivity contribution in [1.29, 1.82) is 0 Å². The summed E-state index contributed by atoms with van der Waals surface area (Å²) in [6, 6.07) is 34.0. The van der Waals surface area contributed by atoms with Gasteiger partial charge in [0.15, 0.2) is 11.5 Å². The molecule has 1 aliphatic carbocycles. The summed E-state index contributed by atoms with van der Waals surface area (Å²) in [5, 5.41) is 42.5. The fraction of sp³-hybridized carbons (Fsp3) is 0.0244. The lowest BCUT2D eigenvalue weighted by atomic mass is 9.67. The van der Waals surface area contributed by atoms with Crippen molar-refractivity contribution >= 4 is 11.4 Å². The third-order valence-corrected chi connectivity index (χ3v) is 8.80. The van der Waals surface area contributed by atoms with Crippen molar-refractivity contribution in [3.8, 4) is 70.3 Å². The second-order valence-corrected chi connectivity index (χ2v) is 11.6. The molecule has 6 aromatic rings. The number of hydrogen-bond acceptors (Lipinski definition) is 8. The smallest absolute Gasteiger partial charge is 0.310 e. The molecule has 6 aromatic carbocycles. The largest absolute Gasteiger partial charge is 0.502 e. The third kappa shape index (κ3) is 5.49. The SMILES string of the molecule is C#Cc1ccc2c(c1)C(c1ccc(Oc3ccc([N+](=O)[O-])c(O)c3)cc1)(c1ccc(Oc3ccc([N+](=O)[O-])c(O)c3)cc1)c1cc(C#C)ccc1-2. The molecular formula is C41H24N2O8. The van der Waals surface area contributed by atoms with E-state index in [4.69, 9.17) is 22.3 Å². The summed E-state index contributed by atoms with van der Waals surface area (Å²) in [4.78, 5) is 20.9. The topological polar surface area (TPSA) is 145 Å². The average molecular weight is 673 g/mol. The first kappa shape index (κ1) is 32.0. The number of aromatic hydroxyl groups is 2. The summed E-state index contributed by atoms with van der Waals surface area (Å²) in [7, 11) is 0. The van der Waals surface area contributed by atoms with Gasteiger partial charge in [-0.15, -0.1) is 12.8 Å². The van der Waals surface area contributed by atoms with Gasteiger partial charge in [0, 0.05) is 35.4 Å². The molecule has 2 N–H and O–H groups in total. The van der Waals surface area contributed by atoms with E-state index in [9.17, 15) is 30.4 Å². The summed E-state index contributed by atoms with van der Waals surface area (Å²) >= 11 is 0. The molecule has 0 atom stereocenters. The maximum Gasteiger partial charge on any atom is 0.310 e. The molecule has 0 saturated heterocycles. The second-order valence-electron chi connectivity index (χ2n) is 11.6. The molecule has 0 fully saturated rings. The van der Waals surface area contributed by atoms with E-state index in [0.717, 1.165) is 33.4 Å². The Labute approximate surface area is 291 Å². The van der Waals surface area contributed by atoms with E-state index in [0.29, 0.717) is 22.6 Å². The maximum absolute atomic E-state index is 11.1. The fourth-order valence-electron chi connectivity index (χ4n) is 6.55. The van der Waals surface area contributed by atoms with Crippen LogP contribution < -0.4 is 9.47 Å². The van der Waals surface area contributed by atoms with E-state index >= 15 is 0 Å². The van der Waals surface area contributed by atoms with E-state index in [2.05, 4.69) is 11.8 Å². The molecule has 7 rings (SSSR count). The molecule has 0 aromatic heterocycles. The van der Waals surface area contributed by atoms with Crippen LogP contribution in [-0.2, 0) is 5.41 Å². The Kier molecular flexibility index (Phi) is 7.83. The van der Waals surface area contributed by atoms with Crippen molar-refractivity contribution in [2.24, 2.45) is 0 Å². The number of terminal acetylenes is 2. The van der Waals surface area contributed by atoms with Crippen LogP contribution in [0.1, 0.15) is 33.4 Å². The number of ether oxygens (including phenoxy) is 2. The lowest BCUT2D eigenvalue weighted by Crippen LogP contribution is -2.28. The fourth-order valence-corrected chi connectivity index (χ4v) is 6.55. The van der Waals surface area contributed by atoms with E-state index < -0.39 is 38.1 Å². The number of nitro benzene ring substituents is 2. The van der Waals surface area contributed by atoms with Crippen LogP contribution in [0, 0.1) is 44.9 Å². The minimum Gasteiger partial charge on any atom is -0.502 e. The number of phenols is 2. The van der Waals surface area contributed by atoms with Crippen LogP contribution in [0.25, 0.3) is 11.1 Å². The van der Waals surface area contributed by atoms with Crippen LogP contribution in [0.5, 0.6) is 34.5 Å². The van der Waals surface area contributed by atoms with Crippen molar-refractivity contribution < 1.29 is 29.5 Å². The Balaban J connectivity index is 1.36. The number of phenolic OH excluding ortho intramolecular Hbond substituents is 2. The van der Waals surface area contributed by atoms with Gasteiger partial charge in [0.25, 0.3) is 0 Å². The molecule has 0 aliphatic heterocycles. The number of nitrogens with zero attached hydrogens (tertiary/aromatic N) is 2. The Morgan fingerprint density at radius 3 is 1.24 bits per heavy atom. The van der Waals surface area contributed by atoms with Gasteiger partial charge in [-0.25, -0.2) is 0 Å². The van der Waals surface area contributed by atoms with E-state index in [1.54, 1.807) is 24.3 Å². The van der Waals surface area contributed by atoms with Crippen LogP contribution >= 0.6 is 0 Å². The molecule has 0 amide bonds. The molecule has 1 aliphatic rings. The van der Waals surface area contributed by atoms with Gasteiger partial charge in [0.2, 0.25) is 0 Å². The maximum atomic E-state index is 11.1. The minimum absolute atomic E-state index is 0.214. The quantitative estimate of drug-likeness (QED) is 0.0925. The Morgan fingerprint density at radius 1 is 0.529 bits per heavy atom. The van der Waals surface area contributed by atoms with Crippen LogP contribution in [0.3, 0.4) is 0 Å². The van der Waals surface area contributed by atoms with Gasteiger partial charge >= 0.3 is 11.4 Å². The number of hydrogen-bond donors (Lipinski definition) is 2. The highest BCUT2D eigenvalue weighted by Crippen LogP contribution is 2.57. The number of nitro groups is 2. The van der Waals surface area contributed by atoms with E-state index in [-0.39, 0.29) is 11.5 Å². The van der Waals surface area contributed by atoms with E-state index in [1.165, 1.54) is 36.4 Å². The number of fused-ring (bicyclic) bond motifs is 3. The minimum atomic E-state index is -0.932. The molecule has 0 saturated carbocycles. The molecule has 0 unspecified atom stereocenters. The third-order valence-electron chi connectivity index (χ3n) is 8.80. The van der Waals surface area contributed by atoms with Crippen LogP contribution in [0.2, 0.25) is 0 Å². The normalized spacial score (nSPS) is 12.1. The number of rotatable bonds is 8. The number of benzene rings is 6. The first-order valence-corrected chi connectivity index (χ1v) is 15.4. The summed E-state index contributed by atoms with van der Waals surface area (Å²) < 4.78 is 11.9. The molecule has 10 heteroatoms. The Hall–Kier alpha value is -7.56. The average Bonchev–Trinajstić information content (AvgIpc) is 3.41. The zero-order valence-electron chi connectivity index (χ0n) is 26.4. The summed E-state index contributed by atoms with van der Waals surface area (Å²) in [6.45, 7) is 0. The summed E-state index contributed by atoms with van der Waals surface area (Å²) in [5.74, 6) is 5.75. The predicted octanol–water partition coefficient (Wildman–Crippen LogP) is 8.82. The molecular weight excluding hydrogens is 648 g/mol. The van der Waals surface area contributed by atoms with Gasteiger partial charge in [-0.1, -0.05) is 48.2 Å². The summed E-state index contributed by atoms with van der Waals surface area (Å²) in [5.41, 5.74) is 5.03.